The van der Waals surface area contributed by atoms with Crippen molar-refractivity contribution in [3.05, 3.63) is 40.6 Å². The van der Waals surface area contributed by atoms with Gasteiger partial charge in [-0.2, -0.15) is 5.10 Å². The summed E-state index contributed by atoms with van der Waals surface area (Å²) in [5.74, 6) is 2.29. The summed E-state index contributed by atoms with van der Waals surface area (Å²) in [5, 5.41) is 18.5. The van der Waals surface area contributed by atoms with Crippen LogP contribution in [-0.4, -0.2) is 50.1 Å². The van der Waals surface area contributed by atoms with Gasteiger partial charge in [-0.15, -0.1) is 0 Å². The van der Waals surface area contributed by atoms with Crippen molar-refractivity contribution >= 4 is 11.6 Å². The Morgan fingerprint density at radius 3 is 2.68 bits per heavy atom. The second-order valence-electron chi connectivity index (χ2n) is 9.22. The number of aliphatic hydroxyl groups is 1. The number of aromatic nitrogens is 4. The van der Waals surface area contributed by atoms with Crippen molar-refractivity contribution < 1.29 is 5.11 Å². The number of anilines is 2. The van der Waals surface area contributed by atoms with Gasteiger partial charge in [-0.3, -0.25) is 4.79 Å². The van der Waals surface area contributed by atoms with E-state index in [-0.39, 0.29) is 17.6 Å². The second kappa shape index (κ2) is 8.94. The lowest BCUT2D eigenvalue weighted by Crippen LogP contribution is -2.45. The zero-order valence-electron chi connectivity index (χ0n) is 18.0. The molecular formula is C23H32N6O2. The molecule has 1 saturated heterocycles. The lowest BCUT2D eigenvalue weighted by molar-refractivity contribution is 0.127. The molecule has 2 N–H and O–H groups in total. The molecule has 3 fully saturated rings. The molecule has 8 heteroatoms. The molecule has 0 aromatic carbocycles. The van der Waals surface area contributed by atoms with Gasteiger partial charge in [0, 0.05) is 42.9 Å². The zero-order chi connectivity index (χ0) is 21.2. The van der Waals surface area contributed by atoms with Crippen LogP contribution < -0.4 is 15.8 Å². The first-order chi connectivity index (χ1) is 15.2. The Bertz CT molecular complexity index is 959. The molecule has 2 aliphatic carbocycles. The molecule has 3 heterocycles. The Labute approximate surface area is 182 Å². The van der Waals surface area contributed by atoms with Crippen molar-refractivity contribution in [2.45, 2.75) is 81.9 Å². The molecule has 31 heavy (non-hydrogen) atoms. The fourth-order valence-electron chi connectivity index (χ4n) is 5.15. The maximum absolute atomic E-state index is 12.4. The number of aliphatic hydroxyl groups excluding tert-OH is 1. The molecule has 2 saturated carbocycles. The molecular weight excluding hydrogens is 392 g/mol. The zero-order valence-corrected chi connectivity index (χ0v) is 18.0. The smallest absolute Gasteiger partial charge is 0.267 e. The molecule has 0 amide bonds. The van der Waals surface area contributed by atoms with Crippen LogP contribution in [-0.2, 0) is 0 Å². The number of rotatable bonds is 6. The third-order valence-electron chi connectivity index (χ3n) is 7.22. The van der Waals surface area contributed by atoms with E-state index in [0.29, 0.717) is 5.92 Å². The number of hydrogen-bond acceptors (Lipinski definition) is 7. The highest BCUT2D eigenvalue weighted by molar-refractivity contribution is 5.41. The van der Waals surface area contributed by atoms with Crippen LogP contribution in [0.2, 0.25) is 0 Å². The standard InChI is InChI=1S/C23H32N6O2/c30-20-9-4-8-19(20)29-23(31)11-10-22(27-29)28-12-2-1-7-17(28)14-24-21-13-18(25-15-26-21)16-5-3-6-16/h10-11,13,15-17,19-20,30H,1-9,12,14H2,(H,24,25,26). The average molecular weight is 425 g/mol. The minimum atomic E-state index is -0.484. The van der Waals surface area contributed by atoms with Crippen LogP contribution in [0.15, 0.2) is 29.3 Å². The highest BCUT2D eigenvalue weighted by Crippen LogP contribution is 2.35. The Morgan fingerprint density at radius 2 is 1.90 bits per heavy atom. The summed E-state index contributed by atoms with van der Waals surface area (Å²) in [5.41, 5.74) is 1.01. The summed E-state index contributed by atoms with van der Waals surface area (Å²) in [6, 6.07) is 5.60. The van der Waals surface area contributed by atoms with Gasteiger partial charge >= 0.3 is 0 Å². The van der Waals surface area contributed by atoms with E-state index in [1.54, 1.807) is 12.4 Å². The van der Waals surface area contributed by atoms with Crippen molar-refractivity contribution in [2.75, 3.05) is 23.3 Å². The topological polar surface area (TPSA) is 96.2 Å². The van der Waals surface area contributed by atoms with E-state index in [4.69, 9.17) is 5.10 Å². The van der Waals surface area contributed by atoms with Crippen LogP contribution in [0.3, 0.4) is 0 Å². The Kier molecular flexibility index (Phi) is 5.89. The maximum atomic E-state index is 12.4. The minimum absolute atomic E-state index is 0.133. The third kappa shape index (κ3) is 4.31. The van der Waals surface area contributed by atoms with Crippen LogP contribution >= 0.6 is 0 Å². The molecule has 0 bridgehead atoms. The normalized spacial score (nSPS) is 26.6. The molecule has 1 aliphatic heterocycles. The van der Waals surface area contributed by atoms with Crippen molar-refractivity contribution in [1.29, 1.82) is 0 Å². The van der Waals surface area contributed by atoms with E-state index < -0.39 is 6.10 Å². The molecule has 0 spiro atoms. The molecule has 3 aliphatic rings. The molecule has 2 aromatic heterocycles. The molecule has 3 atom stereocenters. The summed E-state index contributed by atoms with van der Waals surface area (Å²) in [6.07, 6.45) is 10.8. The fourth-order valence-corrected chi connectivity index (χ4v) is 5.15. The van der Waals surface area contributed by atoms with Crippen LogP contribution in [0.1, 0.15) is 75.4 Å². The quantitative estimate of drug-likeness (QED) is 0.736. The van der Waals surface area contributed by atoms with Crippen molar-refractivity contribution in [3.63, 3.8) is 0 Å². The van der Waals surface area contributed by atoms with Gasteiger partial charge < -0.3 is 15.3 Å². The van der Waals surface area contributed by atoms with E-state index in [0.717, 1.165) is 62.5 Å². The van der Waals surface area contributed by atoms with Gasteiger partial charge in [0.2, 0.25) is 0 Å². The highest BCUT2D eigenvalue weighted by atomic mass is 16.3. The lowest BCUT2D eigenvalue weighted by atomic mass is 9.83. The lowest BCUT2D eigenvalue weighted by Gasteiger charge is -2.37. The van der Waals surface area contributed by atoms with Crippen molar-refractivity contribution in [1.82, 2.24) is 19.7 Å². The Morgan fingerprint density at radius 1 is 1.03 bits per heavy atom. The second-order valence-corrected chi connectivity index (χ2v) is 9.22. The third-order valence-corrected chi connectivity index (χ3v) is 7.22. The predicted molar refractivity (Wildman–Crippen MR) is 119 cm³/mol. The van der Waals surface area contributed by atoms with Gasteiger partial charge in [0.1, 0.15) is 18.0 Å². The minimum Gasteiger partial charge on any atom is -0.391 e. The molecule has 2 aromatic rings. The number of nitrogens with one attached hydrogen (secondary N) is 1. The van der Waals surface area contributed by atoms with Gasteiger partial charge in [0.25, 0.3) is 5.56 Å². The van der Waals surface area contributed by atoms with Crippen molar-refractivity contribution in [3.8, 4) is 0 Å². The first-order valence-electron chi connectivity index (χ1n) is 11.8. The van der Waals surface area contributed by atoms with Gasteiger partial charge in [0.15, 0.2) is 0 Å². The fraction of sp³-hybridized carbons (Fsp3) is 0.652. The number of piperidine rings is 1. The first-order valence-corrected chi connectivity index (χ1v) is 11.8. The average Bonchev–Trinajstić information content (AvgIpc) is 3.18. The number of hydrogen-bond donors (Lipinski definition) is 2. The van der Waals surface area contributed by atoms with E-state index in [2.05, 4.69) is 26.3 Å². The molecule has 3 unspecified atom stereocenters. The summed E-state index contributed by atoms with van der Waals surface area (Å²) < 4.78 is 1.52. The van der Waals surface area contributed by atoms with Crippen molar-refractivity contribution in [2.24, 2.45) is 0 Å². The largest absolute Gasteiger partial charge is 0.391 e. The molecule has 5 rings (SSSR count). The van der Waals surface area contributed by atoms with Gasteiger partial charge in [-0.1, -0.05) is 6.42 Å². The van der Waals surface area contributed by atoms with Crippen LogP contribution in [0.25, 0.3) is 0 Å². The molecule has 0 radical (unpaired) electrons. The van der Waals surface area contributed by atoms with E-state index in [1.807, 2.05) is 6.07 Å². The summed E-state index contributed by atoms with van der Waals surface area (Å²) >= 11 is 0. The van der Waals surface area contributed by atoms with Gasteiger partial charge in [0.05, 0.1) is 12.1 Å². The van der Waals surface area contributed by atoms with E-state index in [1.165, 1.54) is 30.4 Å². The first kappa shape index (κ1) is 20.4. The highest BCUT2D eigenvalue weighted by Gasteiger charge is 2.30. The summed E-state index contributed by atoms with van der Waals surface area (Å²) in [7, 11) is 0. The van der Waals surface area contributed by atoms with Gasteiger partial charge in [-0.25, -0.2) is 14.6 Å². The number of nitrogens with zero attached hydrogens (tertiary/aromatic N) is 5. The van der Waals surface area contributed by atoms with E-state index in [9.17, 15) is 9.90 Å². The Balaban J connectivity index is 1.31. The maximum Gasteiger partial charge on any atom is 0.267 e. The summed E-state index contributed by atoms with van der Waals surface area (Å²) in [4.78, 5) is 23.6. The molecule has 8 nitrogen and oxygen atoms in total. The SMILES string of the molecule is O=c1ccc(N2CCCCC2CNc2cc(C3CCC3)ncn2)nn1C1CCCC1O. The van der Waals surface area contributed by atoms with E-state index >= 15 is 0 Å². The van der Waals surface area contributed by atoms with Crippen LogP contribution in [0, 0.1) is 0 Å². The predicted octanol–water partition coefficient (Wildman–Crippen LogP) is 2.86. The van der Waals surface area contributed by atoms with Crippen LogP contribution in [0.5, 0.6) is 0 Å². The summed E-state index contributed by atoms with van der Waals surface area (Å²) in [6.45, 7) is 1.69. The van der Waals surface area contributed by atoms with Crippen LogP contribution in [0.4, 0.5) is 11.6 Å². The monoisotopic (exact) mass is 424 g/mol. The van der Waals surface area contributed by atoms with Gasteiger partial charge in [-0.05, 0) is 57.4 Å². The Hall–Kier alpha value is -2.48. The molecule has 166 valence electrons.